The lowest BCUT2D eigenvalue weighted by Crippen LogP contribution is -2.27. The fraction of sp³-hybridized carbons (Fsp3) is 0.385. The van der Waals surface area contributed by atoms with Crippen LogP contribution in [-0.2, 0) is 5.60 Å². The number of rotatable bonds is 1. The first-order chi connectivity index (χ1) is 7.69. The standard InChI is InChI=1S/C13H15NO2/c1-9-3-2-4-10-7-11(16-12(9)10)13(15)5-6-14-8-13/h2-4,7,14-15H,5-6,8H2,1H3. The number of fused-ring (bicyclic) bond motifs is 1. The Morgan fingerprint density at radius 3 is 3.00 bits per heavy atom. The van der Waals surface area contributed by atoms with E-state index in [-0.39, 0.29) is 0 Å². The van der Waals surface area contributed by atoms with Crippen LogP contribution in [0.3, 0.4) is 0 Å². The van der Waals surface area contributed by atoms with Gasteiger partial charge in [-0.1, -0.05) is 18.2 Å². The predicted molar refractivity (Wildman–Crippen MR) is 62.3 cm³/mol. The van der Waals surface area contributed by atoms with Gasteiger partial charge in [0.25, 0.3) is 0 Å². The van der Waals surface area contributed by atoms with Gasteiger partial charge >= 0.3 is 0 Å². The van der Waals surface area contributed by atoms with Gasteiger partial charge in [-0.2, -0.15) is 0 Å². The molecule has 0 radical (unpaired) electrons. The van der Waals surface area contributed by atoms with E-state index < -0.39 is 5.60 Å². The van der Waals surface area contributed by atoms with Crippen molar-refractivity contribution in [2.45, 2.75) is 18.9 Å². The molecule has 3 nitrogen and oxygen atoms in total. The quantitative estimate of drug-likeness (QED) is 0.767. The third-order valence-corrected chi connectivity index (χ3v) is 3.33. The van der Waals surface area contributed by atoms with Gasteiger partial charge in [0.2, 0.25) is 0 Å². The summed E-state index contributed by atoms with van der Waals surface area (Å²) < 4.78 is 5.80. The molecule has 1 aromatic heterocycles. The van der Waals surface area contributed by atoms with Crippen molar-refractivity contribution in [3.63, 3.8) is 0 Å². The van der Waals surface area contributed by atoms with Crippen LogP contribution >= 0.6 is 0 Å². The van der Waals surface area contributed by atoms with Crippen molar-refractivity contribution in [3.8, 4) is 0 Å². The van der Waals surface area contributed by atoms with E-state index in [4.69, 9.17) is 4.42 Å². The second-order valence-corrected chi connectivity index (χ2v) is 4.56. The highest BCUT2D eigenvalue weighted by molar-refractivity contribution is 5.81. The van der Waals surface area contributed by atoms with Crippen LogP contribution in [0.25, 0.3) is 11.0 Å². The van der Waals surface area contributed by atoms with Gasteiger partial charge in [-0.25, -0.2) is 0 Å². The molecule has 1 unspecified atom stereocenters. The minimum Gasteiger partial charge on any atom is -0.458 e. The third kappa shape index (κ3) is 1.36. The third-order valence-electron chi connectivity index (χ3n) is 3.33. The van der Waals surface area contributed by atoms with Crippen molar-refractivity contribution in [3.05, 3.63) is 35.6 Å². The molecular formula is C13H15NO2. The Labute approximate surface area is 94.1 Å². The van der Waals surface area contributed by atoms with Gasteiger partial charge in [-0.15, -0.1) is 0 Å². The second kappa shape index (κ2) is 3.34. The molecule has 0 amide bonds. The number of β-amino-alcohol motifs (C(OH)–C–C–N with tert-alkyl or cyclic N) is 1. The normalized spacial score (nSPS) is 25.4. The van der Waals surface area contributed by atoms with Crippen LogP contribution in [0.5, 0.6) is 0 Å². The fourth-order valence-electron chi connectivity index (χ4n) is 2.33. The summed E-state index contributed by atoms with van der Waals surface area (Å²) in [5.74, 6) is 0.682. The van der Waals surface area contributed by atoms with Crippen molar-refractivity contribution < 1.29 is 9.52 Å². The molecule has 0 spiro atoms. The van der Waals surface area contributed by atoms with Crippen LogP contribution < -0.4 is 5.32 Å². The largest absolute Gasteiger partial charge is 0.458 e. The van der Waals surface area contributed by atoms with Crippen molar-refractivity contribution >= 4 is 11.0 Å². The molecule has 0 aliphatic carbocycles. The maximum absolute atomic E-state index is 10.4. The Morgan fingerprint density at radius 1 is 1.44 bits per heavy atom. The summed E-state index contributed by atoms with van der Waals surface area (Å²) in [4.78, 5) is 0. The van der Waals surface area contributed by atoms with Crippen LogP contribution in [0.15, 0.2) is 28.7 Å². The Bertz CT molecular complexity index is 524. The lowest BCUT2D eigenvalue weighted by Gasteiger charge is -2.17. The maximum atomic E-state index is 10.4. The lowest BCUT2D eigenvalue weighted by atomic mass is 10.00. The second-order valence-electron chi connectivity index (χ2n) is 4.56. The molecule has 3 rings (SSSR count). The van der Waals surface area contributed by atoms with E-state index in [0.29, 0.717) is 18.7 Å². The summed E-state index contributed by atoms with van der Waals surface area (Å²) in [5, 5.41) is 14.6. The molecule has 1 aliphatic heterocycles. The highest BCUT2D eigenvalue weighted by atomic mass is 16.4. The molecule has 2 N–H and O–H groups in total. The number of para-hydroxylation sites is 1. The molecule has 1 saturated heterocycles. The number of aryl methyl sites for hydroxylation is 1. The number of benzene rings is 1. The average Bonchev–Trinajstić information content (AvgIpc) is 2.85. The van der Waals surface area contributed by atoms with Crippen molar-refractivity contribution in [2.24, 2.45) is 0 Å². The van der Waals surface area contributed by atoms with Gasteiger partial charge in [0.15, 0.2) is 0 Å². The van der Waals surface area contributed by atoms with E-state index in [2.05, 4.69) is 5.32 Å². The van der Waals surface area contributed by atoms with Crippen molar-refractivity contribution in [1.29, 1.82) is 0 Å². The van der Waals surface area contributed by atoms with Gasteiger partial charge in [0.05, 0.1) is 0 Å². The van der Waals surface area contributed by atoms with E-state index in [1.165, 1.54) is 0 Å². The van der Waals surface area contributed by atoms with Gasteiger partial charge in [-0.05, 0) is 31.5 Å². The average molecular weight is 217 g/mol. The van der Waals surface area contributed by atoms with Crippen LogP contribution in [-0.4, -0.2) is 18.2 Å². The van der Waals surface area contributed by atoms with Crippen molar-refractivity contribution in [1.82, 2.24) is 5.32 Å². The minimum atomic E-state index is -0.828. The van der Waals surface area contributed by atoms with E-state index in [1.807, 2.05) is 31.2 Å². The summed E-state index contributed by atoms with van der Waals surface area (Å²) in [7, 11) is 0. The SMILES string of the molecule is Cc1cccc2cc(C3(O)CCNC3)oc12. The highest BCUT2D eigenvalue weighted by Crippen LogP contribution is 2.33. The van der Waals surface area contributed by atoms with Gasteiger partial charge < -0.3 is 14.8 Å². The first-order valence-corrected chi connectivity index (χ1v) is 5.62. The van der Waals surface area contributed by atoms with Crippen LogP contribution in [0.4, 0.5) is 0 Å². The van der Waals surface area contributed by atoms with E-state index >= 15 is 0 Å². The molecular weight excluding hydrogens is 202 g/mol. The lowest BCUT2D eigenvalue weighted by molar-refractivity contribution is 0.0371. The Balaban J connectivity index is 2.15. The number of nitrogens with one attached hydrogen (secondary N) is 1. The molecule has 0 saturated carbocycles. The molecule has 2 heterocycles. The zero-order chi connectivity index (χ0) is 11.2. The monoisotopic (exact) mass is 217 g/mol. The molecule has 1 aromatic carbocycles. The summed E-state index contributed by atoms with van der Waals surface area (Å²) in [6.45, 7) is 3.44. The van der Waals surface area contributed by atoms with Crippen LogP contribution in [0.2, 0.25) is 0 Å². The minimum absolute atomic E-state index is 0.575. The van der Waals surface area contributed by atoms with Crippen LogP contribution in [0.1, 0.15) is 17.7 Å². The zero-order valence-corrected chi connectivity index (χ0v) is 9.29. The smallest absolute Gasteiger partial charge is 0.138 e. The Morgan fingerprint density at radius 2 is 2.31 bits per heavy atom. The maximum Gasteiger partial charge on any atom is 0.138 e. The first kappa shape index (κ1) is 9.87. The van der Waals surface area contributed by atoms with Crippen LogP contribution in [0, 0.1) is 6.92 Å². The molecule has 1 aliphatic rings. The topological polar surface area (TPSA) is 45.4 Å². The summed E-state index contributed by atoms with van der Waals surface area (Å²) in [6, 6.07) is 8.00. The fourth-order valence-corrected chi connectivity index (χ4v) is 2.33. The molecule has 84 valence electrons. The zero-order valence-electron chi connectivity index (χ0n) is 9.29. The molecule has 16 heavy (non-hydrogen) atoms. The predicted octanol–water partition coefficient (Wildman–Crippen LogP) is 1.92. The highest BCUT2D eigenvalue weighted by Gasteiger charge is 2.36. The van der Waals surface area contributed by atoms with Gasteiger partial charge in [0, 0.05) is 11.9 Å². The molecule has 2 aromatic rings. The van der Waals surface area contributed by atoms with E-state index in [9.17, 15) is 5.11 Å². The first-order valence-electron chi connectivity index (χ1n) is 5.62. The van der Waals surface area contributed by atoms with Gasteiger partial charge in [0.1, 0.15) is 16.9 Å². The molecule has 0 bridgehead atoms. The summed E-state index contributed by atoms with van der Waals surface area (Å²) in [5.41, 5.74) is 1.17. The van der Waals surface area contributed by atoms with Crippen molar-refractivity contribution in [2.75, 3.05) is 13.1 Å². The molecule has 1 fully saturated rings. The number of furan rings is 1. The number of aliphatic hydroxyl groups is 1. The van der Waals surface area contributed by atoms with E-state index in [1.54, 1.807) is 0 Å². The Kier molecular flexibility index (Phi) is 2.06. The van der Waals surface area contributed by atoms with Gasteiger partial charge in [-0.3, -0.25) is 0 Å². The molecule has 3 heteroatoms. The summed E-state index contributed by atoms with van der Waals surface area (Å²) in [6.07, 6.45) is 0.714. The number of hydrogen-bond donors (Lipinski definition) is 2. The van der Waals surface area contributed by atoms with E-state index in [0.717, 1.165) is 23.1 Å². The summed E-state index contributed by atoms with van der Waals surface area (Å²) >= 11 is 0. The number of hydrogen-bond acceptors (Lipinski definition) is 3. The molecule has 1 atom stereocenters. The Hall–Kier alpha value is -1.32.